The molecule has 0 spiro atoms. The van der Waals surface area contributed by atoms with Crippen molar-refractivity contribution in [1.29, 1.82) is 0 Å². The topological polar surface area (TPSA) is 82.3 Å². The average Bonchev–Trinajstić information content (AvgIpc) is 2.75. The van der Waals surface area contributed by atoms with E-state index in [4.69, 9.17) is 0 Å². The molecule has 1 aliphatic carbocycles. The molecule has 0 atom stereocenters. The summed E-state index contributed by atoms with van der Waals surface area (Å²) in [5.41, 5.74) is 4.81. The van der Waals surface area contributed by atoms with E-state index in [0.29, 0.717) is 11.4 Å². The zero-order valence-electron chi connectivity index (χ0n) is 16.6. The number of amides is 3. The smallest absolute Gasteiger partial charge is 0.323 e. The van der Waals surface area contributed by atoms with Gasteiger partial charge in [0.15, 0.2) is 0 Å². The quantitative estimate of drug-likeness (QED) is 0.631. The van der Waals surface area contributed by atoms with Crippen LogP contribution in [0.4, 0.5) is 21.9 Å². The lowest BCUT2D eigenvalue weighted by Gasteiger charge is -2.22. The first-order valence-corrected chi connectivity index (χ1v) is 10.5. The second-order valence-corrected chi connectivity index (χ2v) is 7.82. The minimum absolute atomic E-state index is 0.0421. The fraction of sp³-hybridized carbons (Fsp3) is 0.391. The lowest BCUT2D eigenvalue weighted by Crippen LogP contribution is -2.34. The average molecular weight is 393 g/mol. The molecule has 2 aliphatic rings. The summed E-state index contributed by atoms with van der Waals surface area (Å²) in [4.78, 5) is 25.0. The predicted octanol–water partition coefficient (Wildman–Crippen LogP) is 4.15. The molecule has 1 heterocycles. The SMILES string of the molecule is O=C(Nc1cccc(NC(=O)C2CCNCC2)c1)Nc1cccc2c1CCCC2. The maximum absolute atomic E-state index is 12.5. The van der Waals surface area contributed by atoms with Gasteiger partial charge >= 0.3 is 6.03 Å². The Hall–Kier alpha value is -2.86. The Kier molecular flexibility index (Phi) is 6.10. The van der Waals surface area contributed by atoms with Crippen LogP contribution in [0, 0.1) is 5.92 Å². The van der Waals surface area contributed by atoms with Gasteiger partial charge in [0.1, 0.15) is 0 Å². The van der Waals surface area contributed by atoms with E-state index < -0.39 is 0 Å². The maximum Gasteiger partial charge on any atom is 0.323 e. The van der Waals surface area contributed by atoms with Crippen LogP contribution in [0.2, 0.25) is 0 Å². The Labute approximate surface area is 171 Å². The van der Waals surface area contributed by atoms with Crippen LogP contribution in [0.3, 0.4) is 0 Å². The number of nitrogens with one attached hydrogen (secondary N) is 4. The molecule has 0 bridgehead atoms. The van der Waals surface area contributed by atoms with Gasteiger partial charge in [-0.05, 0) is 87.0 Å². The monoisotopic (exact) mass is 392 g/mol. The van der Waals surface area contributed by atoms with Crippen LogP contribution < -0.4 is 21.3 Å². The van der Waals surface area contributed by atoms with Gasteiger partial charge in [-0.25, -0.2) is 4.79 Å². The van der Waals surface area contributed by atoms with E-state index in [9.17, 15) is 9.59 Å². The van der Waals surface area contributed by atoms with Gasteiger partial charge in [0.05, 0.1) is 0 Å². The van der Waals surface area contributed by atoms with Crippen LogP contribution >= 0.6 is 0 Å². The third-order valence-electron chi connectivity index (χ3n) is 5.74. The van der Waals surface area contributed by atoms with Gasteiger partial charge in [-0.15, -0.1) is 0 Å². The molecular formula is C23H28N4O2. The minimum atomic E-state index is -0.272. The van der Waals surface area contributed by atoms with Crippen LogP contribution in [-0.4, -0.2) is 25.0 Å². The Morgan fingerprint density at radius 2 is 1.59 bits per heavy atom. The summed E-state index contributed by atoms with van der Waals surface area (Å²) in [6, 6.07) is 13.1. The van der Waals surface area contributed by atoms with Crippen molar-refractivity contribution in [3.63, 3.8) is 0 Å². The van der Waals surface area contributed by atoms with Crippen LogP contribution in [-0.2, 0) is 17.6 Å². The third-order valence-corrected chi connectivity index (χ3v) is 5.74. The van der Waals surface area contributed by atoms with E-state index in [1.807, 2.05) is 30.3 Å². The molecule has 0 aromatic heterocycles. The second kappa shape index (κ2) is 9.09. The summed E-state index contributed by atoms with van der Waals surface area (Å²) in [6.07, 6.45) is 6.15. The largest absolute Gasteiger partial charge is 0.326 e. The molecule has 152 valence electrons. The van der Waals surface area contributed by atoms with Crippen LogP contribution in [0.15, 0.2) is 42.5 Å². The van der Waals surface area contributed by atoms with E-state index in [2.05, 4.69) is 27.3 Å². The molecule has 4 N–H and O–H groups in total. The normalized spacial score (nSPS) is 16.6. The first-order chi connectivity index (χ1) is 14.2. The number of rotatable bonds is 4. The van der Waals surface area contributed by atoms with E-state index >= 15 is 0 Å². The molecule has 0 unspecified atom stereocenters. The molecule has 29 heavy (non-hydrogen) atoms. The zero-order valence-corrected chi connectivity index (χ0v) is 16.6. The fourth-order valence-corrected chi connectivity index (χ4v) is 4.19. The molecule has 1 saturated heterocycles. The van der Waals surface area contributed by atoms with Crippen molar-refractivity contribution >= 4 is 29.0 Å². The number of urea groups is 1. The number of hydrogen-bond donors (Lipinski definition) is 4. The summed E-state index contributed by atoms with van der Waals surface area (Å²) in [7, 11) is 0. The van der Waals surface area contributed by atoms with Crippen molar-refractivity contribution in [1.82, 2.24) is 5.32 Å². The van der Waals surface area contributed by atoms with Crippen molar-refractivity contribution in [3.8, 4) is 0 Å². The van der Waals surface area contributed by atoms with Crippen molar-refractivity contribution < 1.29 is 9.59 Å². The van der Waals surface area contributed by atoms with Crippen LogP contribution in [0.1, 0.15) is 36.8 Å². The molecule has 6 heteroatoms. The Balaban J connectivity index is 1.38. The van der Waals surface area contributed by atoms with E-state index in [-0.39, 0.29) is 17.9 Å². The highest BCUT2D eigenvalue weighted by Gasteiger charge is 2.21. The molecule has 2 aromatic carbocycles. The van der Waals surface area contributed by atoms with Gasteiger partial charge in [-0.3, -0.25) is 4.79 Å². The molecule has 1 aliphatic heterocycles. The van der Waals surface area contributed by atoms with E-state index in [1.54, 1.807) is 6.07 Å². The number of anilines is 3. The van der Waals surface area contributed by atoms with Gasteiger partial charge in [0.25, 0.3) is 0 Å². The highest BCUT2D eigenvalue weighted by molar-refractivity contribution is 6.01. The van der Waals surface area contributed by atoms with Crippen molar-refractivity contribution in [2.75, 3.05) is 29.0 Å². The van der Waals surface area contributed by atoms with Gasteiger partial charge in [-0.2, -0.15) is 0 Å². The third kappa shape index (κ3) is 4.95. The minimum Gasteiger partial charge on any atom is -0.326 e. The Bertz CT molecular complexity index is 890. The highest BCUT2D eigenvalue weighted by atomic mass is 16.2. The first-order valence-electron chi connectivity index (χ1n) is 10.5. The standard InChI is InChI=1S/C23H28N4O2/c28-22(17-11-13-24-14-12-17)25-18-7-4-8-19(15-18)26-23(29)27-21-10-3-6-16-5-1-2-9-20(16)21/h3-4,6-8,10,15,17,24H,1-2,5,9,11-14H2,(H,25,28)(H2,26,27,29). The number of hydrogen-bond acceptors (Lipinski definition) is 3. The summed E-state index contributed by atoms with van der Waals surface area (Å²) in [5.74, 6) is 0.0874. The number of carbonyl (C=O) groups is 2. The predicted molar refractivity (Wildman–Crippen MR) is 116 cm³/mol. The molecule has 4 rings (SSSR count). The van der Waals surface area contributed by atoms with E-state index in [1.165, 1.54) is 17.5 Å². The Morgan fingerprint density at radius 3 is 2.41 bits per heavy atom. The number of benzene rings is 2. The number of carbonyl (C=O) groups excluding carboxylic acids is 2. The zero-order chi connectivity index (χ0) is 20.1. The molecular weight excluding hydrogens is 364 g/mol. The lowest BCUT2D eigenvalue weighted by molar-refractivity contribution is -0.120. The Morgan fingerprint density at radius 1 is 0.862 bits per heavy atom. The second-order valence-electron chi connectivity index (χ2n) is 7.82. The molecule has 0 saturated carbocycles. The number of aryl methyl sites for hydroxylation is 1. The van der Waals surface area contributed by atoms with Gasteiger partial charge in [0.2, 0.25) is 5.91 Å². The van der Waals surface area contributed by atoms with Crippen molar-refractivity contribution in [2.24, 2.45) is 5.92 Å². The number of piperidine rings is 1. The van der Waals surface area contributed by atoms with E-state index in [0.717, 1.165) is 50.9 Å². The summed E-state index contributed by atoms with van der Waals surface area (Å²) in [6.45, 7) is 1.76. The van der Waals surface area contributed by atoms with Crippen molar-refractivity contribution in [2.45, 2.75) is 38.5 Å². The van der Waals surface area contributed by atoms with Gasteiger partial charge in [-0.1, -0.05) is 18.2 Å². The summed E-state index contributed by atoms with van der Waals surface area (Å²) >= 11 is 0. The van der Waals surface area contributed by atoms with Crippen LogP contribution in [0.5, 0.6) is 0 Å². The lowest BCUT2D eigenvalue weighted by atomic mass is 9.90. The summed E-state index contributed by atoms with van der Waals surface area (Å²) in [5, 5.41) is 12.1. The fourth-order valence-electron chi connectivity index (χ4n) is 4.19. The summed E-state index contributed by atoms with van der Waals surface area (Å²) < 4.78 is 0. The molecule has 0 radical (unpaired) electrons. The molecule has 3 amide bonds. The van der Waals surface area contributed by atoms with Gasteiger partial charge in [0, 0.05) is 23.0 Å². The highest BCUT2D eigenvalue weighted by Crippen LogP contribution is 2.28. The molecule has 6 nitrogen and oxygen atoms in total. The van der Waals surface area contributed by atoms with Gasteiger partial charge < -0.3 is 21.3 Å². The number of fused-ring (bicyclic) bond motifs is 1. The van der Waals surface area contributed by atoms with Crippen molar-refractivity contribution in [3.05, 3.63) is 53.6 Å². The molecule has 1 fully saturated rings. The molecule has 2 aromatic rings. The first kappa shape index (κ1) is 19.5. The maximum atomic E-state index is 12.5. The van der Waals surface area contributed by atoms with Crippen LogP contribution in [0.25, 0.3) is 0 Å².